The lowest BCUT2D eigenvalue weighted by Crippen LogP contribution is -2.52. The molecule has 1 amide bonds. The number of nitrogens with one attached hydrogen (secondary N) is 1. The van der Waals surface area contributed by atoms with Gasteiger partial charge in [0.15, 0.2) is 6.10 Å². The van der Waals surface area contributed by atoms with E-state index in [1.54, 1.807) is 24.3 Å². The zero-order valence-corrected chi connectivity index (χ0v) is 13.9. The van der Waals surface area contributed by atoms with Gasteiger partial charge in [-0.1, -0.05) is 25.5 Å². The summed E-state index contributed by atoms with van der Waals surface area (Å²) in [7, 11) is -3.47. The Morgan fingerprint density at radius 2 is 2.14 bits per heavy atom. The van der Waals surface area contributed by atoms with Crippen LogP contribution in [0, 0.1) is 0 Å². The van der Waals surface area contributed by atoms with Gasteiger partial charge in [0.05, 0.1) is 18.5 Å². The number of hydrogen-bond donors (Lipinski definition) is 1. The molecule has 2 atom stereocenters. The lowest BCUT2D eigenvalue weighted by molar-refractivity contribution is -0.128. The van der Waals surface area contributed by atoms with Crippen LogP contribution in [0.5, 0.6) is 5.75 Å². The first-order valence-corrected chi connectivity index (χ1v) is 9.21. The molecule has 0 spiro atoms. The molecule has 1 aromatic rings. The summed E-state index contributed by atoms with van der Waals surface area (Å²) in [6, 6.07) is 6.86. The monoisotopic (exact) mass is 326 g/mol. The largest absolute Gasteiger partial charge is 0.476 e. The van der Waals surface area contributed by atoms with Crippen LogP contribution in [0.2, 0.25) is 0 Å². The van der Waals surface area contributed by atoms with Gasteiger partial charge in [0.1, 0.15) is 5.75 Å². The zero-order chi connectivity index (χ0) is 16.3. The van der Waals surface area contributed by atoms with E-state index in [0.717, 1.165) is 19.1 Å². The molecule has 1 aromatic carbocycles. The number of benzene rings is 1. The average Bonchev–Trinajstić information content (AvgIpc) is 2.45. The Labute approximate surface area is 131 Å². The van der Waals surface area contributed by atoms with Gasteiger partial charge in [-0.15, -0.1) is 0 Å². The maximum absolute atomic E-state index is 12.3. The summed E-state index contributed by atoms with van der Waals surface area (Å²) in [5, 5.41) is 2.87. The molecule has 1 aliphatic rings. The van der Waals surface area contributed by atoms with E-state index in [9.17, 15) is 13.2 Å². The highest BCUT2D eigenvalue weighted by molar-refractivity contribution is 7.92. The first kappa shape index (κ1) is 16.6. The third-order valence-electron chi connectivity index (χ3n) is 3.54. The van der Waals surface area contributed by atoms with E-state index in [1.165, 1.54) is 4.31 Å². The molecule has 0 radical (unpaired) electrons. The molecule has 0 bridgehead atoms. The van der Waals surface area contributed by atoms with Gasteiger partial charge in [-0.2, -0.15) is 0 Å². The van der Waals surface area contributed by atoms with Gasteiger partial charge in [-0.25, -0.2) is 8.42 Å². The topological polar surface area (TPSA) is 75.7 Å². The number of nitrogens with zero attached hydrogens (tertiary/aromatic N) is 1. The number of ether oxygens (including phenoxy) is 1. The SMILES string of the molecule is CCC[C@H](C)NC(=O)[C@H]1CN(S(C)(=O)=O)c2ccccc2O1. The third-order valence-corrected chi connectivity index (χ3v) is 4.68. The van der Waals surface area contributed by atoms with Crippen molar-refractivity contribution in [3.8, 4) is 5.75 Å². The molecule has 1 aliphatic heterocycles. The number of sulfonamides is 1. The molecule has 22 heavy (non-hydrogen) atoms. The summed E-state index contributed by atoms with van der Waals surface area (Å²) in [6.07, 6.45) is 2.11. The molecule has 0 aromatic heterocycles. The molecule has 1 N–H and O–H groups in total. The fraction of sp³-hybridized carbons (Fsp3) is 0.533. The van der Waals surface area contributed by atoms with Gasteiger partial charge >= 0.3 is 0 Å². The van der Waals surface area contributed by atoms with Crippen molar-refractivity contribution in [3.63, 3.8) is 0 Å². The Morgan fingerprint density at radius 3 is 2.77 bits per heavy atom. The second-order valence-electron chi connectivity index (χ2n) is 5.57. The molecular weight excluding hydrogens is 304 g/mol. The van der Waals surface area contributed by atoms with Crippen molar-refractivity contribution < 1.29 is 17.9 Å². The molecule has 0 saturated heterocycles. The fourth-order valence-corrected chi connectivity index (χ4v) is 3.41. The highest BCUT2D eigenvalue weighted by Gasteiger charge is 2.35. The average molecular weight is 326 g/mol. The molecule has 0 fully saturated rings. The van der Waals surface area contributed by atoms with Crippen molar-refractivity contribution in [2.75, 3.05) is 17.1 Å². The van der Waals surface area contributed by atoms with Crippen LogP contribution in [0.3, 0.4) is 0 Å². The van der Waals surface area contributed by atoms with Gasteiger partial charge in [0.2, 0.25) is 10.0 Å². The molecule has 1 heterocycles. The van der Waals surface area contributed by atoms with E-state index in [1.807, 2.05) is 13.8 Å². The maximum atomic E-state index is 12.3. The Balaban J connectivity index is 2.22. The quantitative estimate of drug-likeness (QED) is 0.890. The van der Waals surface area contributed by atoms with Gasteiger partial charge in [-0.05, 0) is 25.5 Å². The first-order chi connectivity index (χ1) is 10.3. The molecule has 6 nitrogen and oxygen atoms in total. The molecule has 2 rings (SSSR count). The van der Waals surface area contributed by atoms with Crippen molar-refractivity contribution in [2.45, 2.75) is 38.8 Å². The molecule has 0 saturated carbocycles. The van der Waals surface area contributed by atoms with Gasteiger partial charge in [0, 0.05) is 6.04 Å². The minimum absolute atomic E-state index is 0.0134. The van der Waals surface area contributed by atoms with Crippen LogP contribution in [0.25, 0.3) is 0 Å². The second-order valence-corrected chi connectivity index (χ2v) is 7.47. The van der Waals surface area contributed by atoms with Gasteiger partial charge < -0.3 is 10.1 Å². The highest BCUT2D eigenvalue weighted by Crippen LogP contribution is 2.34. The lowest BCUT2D eigenvalue weighted by Gasteiger charge is -2.34. The van der Waals surface area contributed by atoms with E-state index >= 15 is 0 Å². The van der Waals surface area contributed by atoms with Crippen LogP contribution in [0.1, 0.15) is 26.7 Å². The van der Waals surface area contributed by atoms with E-state index in [0.29, 0.717) is 11.4 Å². The summed E-state index contributed by atoms with van der Waals surface area (Å²) in [4.78, 5) is 12.3. The lowest BCUT2D eigenvalue weighted by atomic mass is 10.1. The summed E-state index contributed by atoms with van der Waals surface area (Å²) in [6.45, 7) is 3.95. The van der Waals surface area contributed by atoms with E-state index in [2.05, 4.69) is 5.32 Å². The smallest absolute Gasteiger partial charge is 0.263 e. The first-order valence-electron chi connectivity index (χ1n) is 7.36. The maximum Gasteiger partial charge on any atom is 0.263 e. The molecule has 0 aliphatic carbocycles. The zero-order valence-electron chi connectivity index (χ0n) is 13.1. The standard InChI is InChI=1S/C15H22N2O4S/c1-4-7-11(2)16-15(18)14-10-17(22(3,19)20)12-8-5-6-9-13(12)21-14/h5-6,8-9,11,14H,4,7,10H2,1-3H3,(H,16,18)/t11-,14+/m0/s1. The minimum atomic E-state index is -3.47. The number of hydrogen-bond acceptors (Lipinski definition) is 4. The predicted octanol–water partition coefficient (Wildman–Crippen LogP) is 1.52. The van der Waals surface area contributed by atoms with Crippen LogP contribution in [-0.4, -0.2) is 39.3 Å². The second kappa shape index (κ2) is 6.56. The Kier molecular flexibility index (Phi) is 4.95. The molecule has 0 unspecified atom stereocenters. The normalized spacial score (nSPS) is 19.0. The number of anilines is 1. The summed E-state index contributed by atoms with van der Waals surface area (Å²) in [5.41, 5.74) is 0.468. The van der Waals surface area contributed by atoms with Crippen LogP contribution in [0.15, 0.2) is 24.3 Å². The third kappa shape index (κ3) is 3.71. The van der Waals surface area contributed by atoms with Crippen LogP contribution < -0.4 is 14.4 Å². The molecule has 7 heteroatoms. The number of rotatable bonds is 5. The van der Waals surface area contributed by atoms with E-state index in [4.69, 9.17) is 4.74 Å². The number of fused-ring (bicyclic) bond motifs is 1. The van der Waals surface area contributed by atoms with Crippen molar-refractivity contribution in [1.29, 1.82) is 0 Å². The minimum Gasteiger partial charge on any atom is -0.476 e. The number of amides is 1. The van der Waals surface area contributed by atoms with Crippen LogP contribution >= 0.6 is 0 Å². The van der Waals surface area contributed by atoms with Crippen LogP contribution in [0.4, 0.5) is 5.69 Å². The number of para-hydroxylation sites is 2. The Hall–Kier alpha value is -1.76. The number of carbonyl (C=O) groups is 1. The van der Waals surface area contributed by atoms with Gasteiger partial charge in [-0.3, -0.25) is 9.10 Å². The summed E-state index contributed by atoms with van der Waals surface area (Å²) >= 11 is 0. The highest BCUT2D eigenvalue weighted by atomic mass is 32.2. The van der Waals surface area contributed by atoms with Crippen molar-refractivity contribution in [1.82, 2.24) is 5.32 Å². The number of carbonyl (C=O) groups excluding carboxylic acids is 1. The summed E-state index contributed by atoms with van der Waals surface area (Å²) < 4.78 is 30.9. The van der Waals surface area contributed by atoms with Crippen LogP contribution in [-0.2, 0) is 14.8 Å². The fourth-order valence-electron chi connectivity index (χ4n) is 2.49. The van der Waals surface area contributed by atoms with Crippen molar-refractivity contribution in [3.05, 3.63) is 24.3 Å². The van der Waals surface area contributed by atoms with E-state index < -0.39 is 16.1 Å². The predicted molar refractivity (Wildman–Crippen MR) is 85.6 cm³/mol. The molecular formula is C15H22N2O4S. The van der Waals surface area contributed by atoms with E-state index in [-0.39, 0.29) is 18.5 Å². The van der Waals surface area contributed by atoms with Gasteiger partial charge in [0.25, 0.3) is 5.91 Å². The molecule has 122 valence electrons. The Bertz CT molecular complexity index is 645. The summed E-state index contributed by atoms with van der Waals surface area (Å²) in [5.74, 6) is 0.117. The van der Waals surface area contributed by atoms with Crippen molar-refractivity contribution >= 4 is 21.6 Å². The Morgan fingerprint density at radius 1 is 1.45 bits per heavy atom. The van der Waals surface area contributed by atoms with Crippen molar-refractivity contribution in [2.24, 2.45) is 0 Å².